The maximum Gasteiger partial charge on any atom is 0.237 e. The third kappa shape index (κ3) is 23.1. The molecule has 0 aromatic carbocycles. The summed E-state index contributed by atoms with van der Waals surface area (Å²) in [5.41, 5.74) is 5.60. The van der Waals surface area contributed by atoms with E-state index in [-0.39, 0.29) is 36.1 Å². The van der Waals surface area contributed by atoms with E-state index in [1.165, 1.54) is 0 Å². The third-order valence-electron chi connectivity index (χ3n) is 4.72. The Morgan fingerprint density at radius 2 is 1.26 bits per heavy atom. The molecule has 0 heterocycles. The van der Waals surface area contributed by atoms with Gasteiger partial charge in [-0.25, -0.2) is 0 Å². The van der Waals surface area contributed by atoms with Crippen LogP contribution in [-0.4, -0.2) is 89.7 Å². The Morgan fingerprint density at radius 3 is 1.82 bits per heavy atom. The Balaban J connectivity index is 0. The van der Waals surface area contributed by atoms with Crippen molar-refractivity contribution in [2.75, 3.05) is 71.8 Å². The highest BCUT2D eigenvalue weighted by Gasteiger charge is 2.26. The van der Waals surface area contributed by atoms with Crippen LogP contribution in [0.4, 0.5) is 0 Å². The predicted molar refractivity (Wildman–Crippen MR) is 138 cm³/mol. The van der Waals surface area contributed by atoms with Gasteiger partial charge in [0.2, 0.25) is 11.8 Å². The maximum absolute atomic E-state index is 11.9. The number of halogens is 2. The summed E-state index contributed by atoms with van der Waals surface area (Å²) in [6, 6.07) is -0.556. The van der Waals surface area contributed by atoms with Crippen LogP contribution in [0.2, 0.25) is 0 Å². The molecule has 0 saturated heterocycles. The predicted octanol–water partition coefficient (Wildman–Crippen LogP) is 2.27. The van der Waals surface area contributed by atoms with E-state index in [2.05, 4.69) is 10.6 Å². The van der Waals surface area contributed by atoms with E-state index in [4.69, 9.17) is 36.3 Å². The summed E-state index contributed by atoms with van der Waals surface area (Å²) in [7, 11) is 0. The Kier molecular flexibility index (Phi) is 25.1. The van der Waals surface area contributed by atoms with Gasteiger partial charge in [-0.05, 0) is 18.3 Å². The van der Waals surface area contributed by atoms with Gasteiger partial charge in [0.05, 0.1) is 52.3 Å². The lowest BCUT2D eigenvalue weighted by Crippen LogP contribution is -2.49. The van der Waals surface area contributed by atoms with Gasteiger partial charge < -0.3 is 35.3 Å². The SMILES string of the molecule is CC(C)(C)C(N)C(=O)NCCOCCOCCC(=O)NCCOCCOCCCCCCCl.Cl. The summed E-state index contributed by atoms with van der Waals surface area (Å²) in [5, 5.41) is 5.54. The summed E-state index contributed by atoms with van der Waals surface area (Å²) >= 11 is 5.63. The lowest BCUT2D eigenvalue weighted by Gasteiger charge is -2.25. The minimum absolute atomic E-state index is 0. The maximum atomic E-state index is 11.9. The van der Waals surface area contributed by atoms with Crippen LogP contribution in [-0.2, 0) is 28.5 Å². The molecule has 9 nitrogen and oxygen atoms in total. The molecule has 0 aromatic heterocycles. The number of ether oxygens (including phenoxy) is 4. The molecule has 0 aliphatic rings. The van der Waals surface area contributed by atoms with Gasteiger partial charge in [-0.1, -0.05) is 33.6 Å². The first-order valence-electron chi connectivity index (χ1n) is 12.0. The molecule has 34 heavy (non-hydrogen) atoms. The lowest BCUT2D eigenvalue weighted by molar-refractivity contribution is -0.124. The number of amides is 2. The van der Waals surface area contributed by atoms with E-state index in [0.717, 1.165) is 38.2 Å². The van der Waals surface area contributed by atoms with E-state index in [9.17, 15) is 9.59 Å². The largest absolute Gasteiger partial charge is 0.379 e. The van der Waals surface area contributed by atoms with Gasteiger partial charge in [-0.3, -0.25) is 9.59 Å². The zero-order valence-corrected chi connectivity index (χ0v) is 22.8. The normalized spacial score (nSPS) is 12.1. The first-order chi connectivity index (χ1) is 15.8. The molecule has 1 unspecified atom stereocenters. The monoisotopic (exact) mass is 531 g/mol. The number of unbranched alkanes of at least 4 members (excludes halogenated alkanes) is 3. The molecule has 0 rings (SSSR count). The summed E-state index contributed by atoms with van der Waals surface area (Å²) in [6.45, 7) is 10.4. The quantitative estimate of drug-likeness (QED) is 0.145. The highest BCUT2D eigenvalue weighted by Crippen LogP contribution is 2.16. The first kappa shape index (κ1) is 35.5. The van der Waals surface area contributed by atoms with E-state index in [1.54, 1.807) is 0 Å². The standard InChI is InChI=1S/C23H46ClN3O6.ClH/c1-23(2,3)21(25)22(29)27-11-15-33-19-17-31-13-8-20(28)26-10-14-32-18-16-30-12-7-5-4-6-9-24;/h21H,4-19,25H2,1-3H3,(H,26,28)(H,27,29);1H. The zero-order valence-electron chi connectivity index (χ0n) is 21.2. The van der Waals surface area contributed by atoms with Crippen molar-refractivity contribution in [2.45, 2.75) is 58.9 Å². The molecular formula is C23H47Cl2N3O6. The van der Waals surface area contributed by atoms with Crippen molar-refractivity contribution in [1.82, 2.24) is 10.6 Å². The van der Waals surface area contributed by atoms with Crippen molar-refractivity contribution in [3.8, 4) is 0 Å². The Hall–Kier alpha value is -0.680. The van der Waals surface area contributed by atoms with Gasteiger partial charge in [0, 0.05) is 32.0 Å². The van der Waals surface area contributed by atoms with E-state index < -0.39 is 6.04 Å². The van der Waals surface area contributed by atoms with E-state index in [1.807, 2.05) is 20.8 Å². The summed E-state index contributed by atoms with van der Waals surface area (Å²) in [5.74, 6) is 0.465. The highest BCUT2D eigenvalue weighted by atomic mass is 35.5. The average Bonchev–Trinajstić information content (AvgIpc) is 2.77. The smallest absolute Gasteiger partial charge is 0.237 e. The molecule has 0 saturated carbocycles. The van der Waals surface area contributed by atoms with Crippen LogP contribution < -0.4 is 16.4 Å². The lowest BCUT2D eigenvalue weighted by atomic mass is 9.87. The summed E-state index contributed by atoms with van der Waals surface area (Å²) < 4.78 is 21.7. The fourth-order valence-corrected chi connectivity index (χ4v) is 2.75. The topological polar surface area (TPSA) is 121 Å². The molecule has 11 heteroatoms. The molecule has 4 N–H and O–H groups in total. The van der Waals surface area contributed by atoms with Gasteiger partial charge >= 0.3 is 0 Å². The highest BCUT2D eigenvalue weighted by molar-refractivity contribution is 6.17. The molecule has 204 valence electrons. The van der Waals surface area contributed by atoms with Crippen LogP contribution in [0.5, 0.6) is 0 Å². The van der Waals surface area contributed by atoms with E-state index >= 15 is 0 Å². The average molecular weight is 533 g/mol. The number of alkyl halides is 1. The van der Waals surface area contributed by atoms with Crippen molar-refractivity contribution in [3.05, 3.63) is 0 Å². The number of nitrogens with one attached hydrogen (secondary N) is 2. The molecule has 0 bridgehead atoms. The van der Waals surface area contributed by atoms with Crippen molar-refractivity contribution in [3.63, 3.8) is 0 Å². The Bertz CT molecular complexity index is 496. The Labute approximate surface area is 216 Å². The fraction of sp³-hybridized carbons (Fsp3) is 0.913. The minimum Gasteiger partial charge on any atom is -0.379 e. The molecule has 0 aliphatic carbocycles. The van der Waals surface area contributed by atoms with Crippen LogP contribution in [0.3, 0.4) is 0 Å². The van der Waals surface area contributed by atoms with Crippen LogP contribution >= 0.6 is 24.0 Å². The summed E-state index contributed by atoms with van der Waals surface area (Å²) in [4.78, 5) is 23.6. The minimum atomic E-state index is -0.556. The van der Waals surface area contributed by atoms with Crippen LogP contribution in [0, 0.1) is 5.41 Å². The molecule has 1 atom stereocenters. The van der Waals surface area contributed by atoms with E-state index in [0.29, 0.717) is 59.3 Å². The molecular weight excluding hydrogens is 485 g/mol. The molecule has 0 radical (unpaired) electrons. The number of carbonyl (C=O) groups excluding carboxylic acids is 2. The van der Waals surface area contributed by atoms with Gasteiger partial charge in [0.15, 0.2) is 0 Å². The number of hydrogen-bond acceptors (Lipinski definition) is 7. The fourth-order valence-electron chi connectivity index (χ4n) is 2.56. The molecule has 0 aliphatic heterocycles. The molecule has 0 aromatic rings. The third-order valence-corrected chi connectivity index (χ3v) is 4.99. The van der Waals surface area contributed by atoms with Crippen molar-refractivity contribution >= 4 is 35.8 Å². The van der Waals surface area contributed by atoms with Crippen molar-refractivity contribution < 1.29 is 28.5 Å². The van der Waals surface area contributed by atoms with Gasteiger partial charge in [-0.2, -0.15) is 0 Å². The van der Waals surface area contributed by atoms with Gasteiger partial charge in [0.25, 0.3) is 0 Å². The number of carbonyl (C=O) groups is 2. The second kappa shape index (κ2) is 24.0. The second-order valence-electron chi connectivity index (χ2n) is 8.79. The Morgan fingerprint density at radius 1 is 0.765 bits per heavy atom. The van der Waals surface area contributed by atoms with Gasteiger partial charge in [0.1, 0.15) is 0 Å². The van der Waals surface area contributed by atoms with Crippen molar-refractivity contribution in [2.24, 2.45) is 11.1 Å². The number of nitrogens with two attached hydrogens (primary N) is 1. The zero-order chi connectivity index (χ0) is 24.8. The van der Waals surface area contributed by atoms with Crippen LogP contribution in [0.15, 0.2) is 0 Å². The number of rotatable bonds is 22. The van der Waals surface area contributed by atoms with Crippen LogP contribution in [0.25, 0.3) is 0 Å². The van der Waals surface area contributed by atoms with Crippen molar-refractivity contribution in [1.29, 1.82) is 0 Å². The van der Waals surface area contributed by atoms with Crippen LogP contribution in [0.1, 0.15) is 52.9 Å². The first-order valence-corrected chi connectivity index (χ1v) is 12.5. The molecule has 2 amide bonds. The number of hydrogen-bond donors (Lipinski definition) is 3. The second-order valence-corrected chi connectivity index (χ2v) is 9.17. The molecule has 0 fully saturated rings. The van der Waals surface area contributed by atoms with Gasteiger partial charge in [-0.15, -0.1) is 24.0 Å². The molecule has 0 spiro atoms. The summed E-state index contributed by atoms with van der Waals surface area (Å²) in [6.07, 6.45) is 4.69.